The van der Waals surface area contributed by atoms with E-state index >= 15 is 0 Å². The molecular formula is C22H24N4O6. The molecule has 32 heavy (non-hydrogen) atoms. The maximum atomic E-state index is 11.2. The lowest BCUT2D eigenvalue weighted by atomic mass is 10.1. The number of carboxylic acid groups (broad SMARTS) is 1. The number of hydrogen-bond acceptors (Lipinski definition) is 6. The van der Waals surface area contributed by atoms with Crippen LogP contribution in [-0.2, 0) is 6.54 Å². The lowest BCUT2D eigenvalue weighted by Gasteiger charge is -2.09. The van der Waals surface area contributed by atoms with Gasteiger partial charge < -0.3 is 34.9 Å². The van der Waals surface area contributed by atoms with Crippen molar-refractivity contribution >= 4 is 12.1 Å². The zero-order valence-corrected chi connectivity index (χ0v) is 17.7. The van der Waals surface area contributed by atoms with Gasteiger partial charge in [0.05, 0.1) is 13.7 Å². The van der Waals surface area contributed by atoms with E-state index in [2.05, 4.69) is 10.3 Å². The number of rotatable bonds is 9. The molecule has 4 N–H and O–H groups in total. The van der Waals surface area contributed by atoms with Crippen molar-refractivity contribution in [2.45, 2.75) is 6.54 Å². The van der Waals surface area contributed by atoms with Gasteiger partial charge in [-0.15, -0.1) is 0 Å². The van der Waals surface area contributed by atoms with Crippen molar-refractivity contribution < 1.29 is 28.6 Å². The SMILES string of the molecule is COc1ccc(-c2nc(CN(C)C(=O)O)oc2-c2ccc(OCCNC(N)=O)cc2)cc1. The lowest BCUT2D eigenvalue weighted by molar-refractivity contribution is 0.150. The molecule has 0 bridgehead atoms. The van der Waals surface area contributed by atoms with Crippen molar-refractivity contribution in [1.29, 1.82) is 0 Å². The number of nitrogens with one attached hydrogen (secondary N) is 1. The minimum absolute atomic E-state index is 0.00649. The zero-order valence-electron chi connectivity index (χ0n) is 17.7. The van der Waals surface area contributed by atoms with Crippen LogP contribution in [0, 0.1) is 0 Å². The highest BCUT2D eigenvalue weighted by molar-refractivity contribution is 5.77. The van der Waals surface area contributed by atoms with Gasteiger partial charge in [-0.05, 0) is 48.5 Å². The van der Waals surface area contributed by atoms with Gasteiger partial charge in [0.2, 0.25) is 5.89 Å². The van der Waals surface area contributed by atoms with E-state index in [1.54, 1.807) is 19.2 Å². The Bertz CT molecular complexity index is 1060. The third-order valence-corrected chi connectivity index (χ3v) is 4.52. The number of ether oxygens (including phenoxy) is 2. The number of carbonyl (C=O) groups is 2. The van der Waals surface area contributed by atoms with Crippen LogP contribution < -0.4 is 20.5 Å². The minimum atomic E-state index is -1.08. The molecule has 0 aliphatic heterocycles. The average molecular weight is 440 g/mol. The molecule has 3 amide bonds. The summed E-state index contributed by atoms with van der Waals surface area (Å²) in [6.07, 6.45) is -1.08. The second-order valence-corrected chi connectivity index (χ2v) is 6.82. The van der Waals surface area contributed by atoms with Gasteiger partial charge >= 0.3 is 12.1 Å². The standard InChI is InChI=1S/C22H24N4O6/c1-26(22(28)29)13-18-25-19(14-3-7-16(30-2)8-4-14)20(32-18)15-5-9-17(10-6-15)31-12-11-24-21(23)27/h3-10H,11-13H2,1-2H3,(H,28,29)(H3,23,24,27). The number of amides is 3. The van der Waals surface area contributed by atoms with E-state index in [-0.39, 0.29) is 19.0 Å². The van der Waals surface area contributed by atoms with Crippen LogP contribution in [0.4, 0.5) is 9.59 Å². The Morgan fingerprint density at radius 3 is 2.31 bits per heavy atom. The zero-order chi connectivity index (χ0) is 23.1. The second kappa shape index (κ2) is 10.2. The predicted octanol–water partition coefficient (Wildman–Crippen LogP) is 3.17. The highest BCUT2D eigenvalue weighted by Gasteiger charge is 2.19. The first-order valence-electron chi connectivity index (χ1n) is 9.72. The third-order valence-electron chi connectivity index (χ3n) is 4.52. The number of aromatic nitrogens is 1. The summed E-state index contributed by atoms with van der Waals surface area (Å²) in [6.45, 7) is 0.571. The Balaban J connectivity index is 1.86. The lowest BCUT2D eigenvalue weighted by Crippen LogP contribution is -2.32. The normalized spacial score (nSPS) is 10.4. The third kappa shape index (κ3) is 5.69. The summed E-state index contributed by atoms with van der Waals surface area (Å²) in [7, 11) is 3.03. The highest BCUT2D eigenvalue weighted by atomic mass is 16.5. The van der Waals surface area contributed by atoms with Crippen LogP contribution in [-0.4, -0.2) is 54.4 Å². The van der Waals surface area contributed by atoms with Crippen LogP contribution in [0.1, 0.15) is 5.89 Å². The van der Waals surface area contributed by atoms with E-state index in [0.29, 0.717) is 29.5 Å². The molecule has 0 radical (unpaired) electrons. The van der Waals surface area contributed by atoms with Crippen molar-refractivity contribution in [3.8, 4) is 34.1 Å². The molecule has 10 heteroatoms. The fourth-order valence-corrected chi connectivity index (χ4v) is 2.89. The van der Waals surface area contributed by atoms with Crippen LogP contribution in [0.5, 0.6) is 11.5 Å². The highest BCUT2D eigenvalue weighted by Crippen LogP contribution is 2.34. The molecule has 3 rings (SSSR count). The summed E-state index contributed by atoms with van der Waals surface area (Å²) < 4.78 is 16.7. The van der Waals surface area contributed by atoms with E-state index in [4.69, 9.17) is 24.7 Å². The average Bonchev–Trinajstić information content (AvgIpc) is 3.20. The molecule has 1 aromatic heterocycles. The Hall–Kier alpha value is -4.21. The Morgan fingerprint density at radius 2 is 1.72 bits per heavy atom. The second-order valence-electron chi connectivity index (χ2n) is 6.82. The van der Waals surface area contributed by atoms with Crippen LogP contribution in [0.15, 0.2) is 52.9 Å². The monoisotopic (exact) mass is 440 g/mol. The van der Waals surface area contributed by atoms with Gasteiger partial charge in [-0.3, -0.25) is 0 Å². The summed E-state index contributed by atoms with van der Waals surface area (Å²) in [5.74, 6) is 2.09. The largest absolute Gasteiger partial charge is 0.497 e. The molecule has 0 spiro atoms. The van der Waals surface area contributed by atoms with Gasteiger partial charge in [-0.1, -0.05) is 0 Å². The Morgan fingerprint density at radius 1 is 1.09 bits per heavy atom. The van der Waals surface area contributed by atoms with Gasteiger partial charge in [0.25, 0.3) is 0 Å². The van der Waals surface area contributed by atoms with Gasteiger partial charge in [0.15, 0.2) is 5.76 Å². The van der Waals surface area contributed by atoms with Crippen LogP contribution in [0.2, 0.25) is 0 Å². The van der Waals surface area contributed by atoms with Crippen molar-refractivity contribution in [3.05, 3.63) is 54.4 Å². The molecule has 0 aliphatic carbocycles. The Kier molecular flexibility index (Phi) is 7.17. The first kappa shape index (κ1) is 22.5. The van der Waals surface area contributed by atoms with Gasteiger partial charge in [-0.25, -0.2) is 14.6 Å². The molecule has 0 saturated carbocycles. The molecule has 0 atom stereocenters. The van der Waals surface area contributed by atoms with Crippen LogP contribution in [0.25, 0.3) is 22.6 Å². The van der Waals surface area contributed by atoms with Crippen LogP contribution in [0.3, 0.4) is 0 Å². The number of carbonyl (C=O) groups excluding carboxylic acids is 1. The van der Waals surface area contributed by atoms with Crippen molar-refractivity contribution in [3.63, 3.8) is 0 Å². The van der Waals surface area contributed by atoms with Crippen molar-refractivity contribution in [2.24, 2.45) is 5.73 Å². The van der Waals surface area contributed by atoms with Gasteiger partial charge in [-0.2, -0.15) is 0 Å². The molecule has 0 saturated heterocycles. The molecule has 3 aromatic rings. The van der Waals surface area contributed by atoms with Crippen molar-refractivity contribution in [1.82, 2.24) is 15.2 Å². The molecule has 168 valence electrons. The summed E-state index contributed by atoms with van der Waals surface area (Å²) in [6, 6.07) is 13.9. The number of hydrogen-bond donors (Lipinski definition) is 3. The number of urea groups is 1. The summed E-state index contributed by atoms with van der Waals surface area (Å²) in [4.78, 5) is 27.5. The summed E-state index contributed by atoms with van der Waals surface area (Å²) in [5.41, 5.74) is 7.15. The molecule has 2 aromatic carbocycles. The molecule has 0 aliphatic rings. The van der Waals surface area contributed by atoms with Gasteiger partial charge in [0.1, 0.15) is 30.3 Å². The topological polar surface area (TPSA) is 140 Å². The minimum Gasteiger partial charge on any atom is -0.497 e. The van der Waals surface area contributed by atoms with E-state index in [0.717, 1.165) is 16.0 Å². The van der Waals surface area contributed by atoms with Crippen LogP contribution >= 0.6 is 0 Å². The van der Waals surface area contributed by atoms with Crippen molar-refractivity contribution in [2.75, 3.05) is 27.3 Å². The van der Waals surface area contributed by atoms with E-state index in [9.17, 15) is 9.59 Å². The summed E-state index contributed by atoms with van der Waals surface area (Å²) in [5, 5.41) is 11.6. The predicted molar refractivity (Wildman–Crippen MR) is 116 cm³/mol. The first-order valence-corrected chi connectivity index (χ1v) is 9.72. The fourth-order valence-electron chi connectivity index (χ4n) is 2.89. The number of oxazole rings is 1. The Labute approximate surface area is 184 Å². The molecule has 0 unspecified atom stereocenters. The van der Waals surface area contributed by atoms with E-state index in [1.165, 1.54) is 7.05 Å². The smallest absolute Gasteiger partial charge is 0.407 e. The van der Waals surface area contributed by atoms with Gasteiger partial charge in [0, 0.05) is 18.2 Å². The van der Waals surface area contributed by atoms with E-state index in [1.807, 2.05) is 36.4 Å². The maximum Gasteiger partial charge on any atom is 0.407 e. The number of benzene rings is 2. The number of primary amides is 1. The molecule has 10 nitrogen and oxygen atoms in total. The molecule has 1 heterocycles. The quantitative estimate of drug-likeness (QED) is 0.434. The first-order chi connectivity index (χ1) is 15.4. The maximum absolute atomic E-state index is 11.2. The number of methoxy groups -OCH3 is 1. The molecular weight excluding hydrogens is 416 g/mol. The number of nitrogens with zero attached hydrogens (tertiary/aromatic N) is 2. The summed E-state index contributed by atoms with van der Waals surface area (Å²) >= 11 is 0. The molecule has 0 fully saturated rings. The van der Waals surface area contributed by atoms with E-state index < -0.39 is 12.1 Å². The number of nitrogens with two attached hydrogens (primary N) is 1. The fraction of sp³-hybridized carbons (Fsp3) is 0.227.